The quantitative estimate of drug-likeness (QED) is 0.293. The average Bonchev–Trinajstić information content (AvgIpc) is 2.70. The van der Waals surface area contributed by atoms with Crippen molar-refractivity contribution in [2.45, 2.75) is 98.3 Å². The van der Waals surface area contributed by atoms with Gasteiger partial charge >= 0.3 is 0 Å². The summed E-state index contributed by atoms with van der Waals surface area (Å²) in [6, 6.07) is 15.3. The van der Waals surface area contributed by atoms with Gasteiger partial charge in [-0.2, -0.15) is 0 Å². The van der Waals surface area contributed by atoms with E-state index in [9.17, 15) is 0 Å². The third kappa shape index (κ3) is 9.45. The molecule has 184 valence electrons. The fourth-order valence-corrected chi connectivity index (χ4v) is 8.01. The van der Waals surface area contributed by atoms with Crippen LogP contribution in [0.3, 0.4) is 0 Å². The molecule has 2 rings (SSSR count). The Morgan fingerprint density at radius 1 is 0.545 bits per heavy atom. The summed E-state index contributed by atoms with van der Waals surface area (Å²) in [6.07, 6.45) is 1.81. The predicted octanol–water partition coefficient (Wildman–Crippen LogP) is 4.35. The number of benzene rings is 2. The maximum absolute atomic E-state index is 6.19. The predicted molar refractivity (Wildman–Crippen MR) is 147 cm³/mol. The largest absolute Gasteiger partial charge is 0.487 e. The average molecular weight is 489 g/mol. The van der Waals surface area contributed by atoms with Gasteiger partial charge in [-0.1, -0.05) is 42.8 Å². The molecule has 2 aromatic carbocycles. The molecule has 0 aliphatic heterocycles. The Hall–Kier alpha value is -1.93. The first-order valence-corrected chi connectivity index (χ1v) is 16.0. The fourth-order valence-electron chi connectivity index (χ4n) is 3.76. The molecule has 33 heavy (non-hydrogen) atoms. The summed E-state index contributed by atoms with van der Waals surface area (Å²) in [5.74, 6) is 3.71. The van der Waals surface area contributed by atoms with Gasteiger partial charge in [-0.15, -0.1) is 0 Å². The van der Waals surface area contributed by atoms with E-state index >= 15 is 0 Å². The van der Waals surface area contributed by atoms with Crippen LogP contribution in [-0.2, 0) is 0 Å². The van der Waals surface area contributed by atoms with E-state index in [0.29, 0.717) is 0 Å². The van der Waals surface area contributed by atoms with E-state index < -0.39 is 19.0 Å². The zero-order chi connectivity index (χ0) is 24.4. The number of hydrogen-bond acceptors (Lipinski definition) is 4. The summed E-state index contributed by atoms with van der Waals surface area (Å²) in [4.78, 5) is 0. The molecule has 0 fully saturated rings. The molecule has 0 spiro atoms. The Bertz CT molecular complexity index is 781. The minimum Gasteiger partial charge on any atom is -0.487 e. The standard InChI is InChI=1S/C27H44O4Si2/c1-18(2)28-22-12-9-14-24(26(22)30-20(5)6)32-16-11-17-33-25-15-10-13-23(29-19(3)4)27(25)31-21(7)8/h9-10,12-15,18-21H,11,16-17,32-33H2,1-8H3. The zero-order valence-corrected chi connectivity index (χ0v) is 24.8. The van der Waals surface area contributed by atoms with Crippen LogP contribution in [0.15, 0.2) is 36.4 Å². The maximum atomic E-state index is 6.19. The van der Waals surface area contributed by atoms with Gasteiger partial charge in [-0.3, -0.25) is 0 Å². The second-order valence-corrected chi connectivity index (χ2v) is 13.7. The third-order valence-electron chi connectivity index (χ3n) is 4.95. The lowest BCUT2D eigenvalue weighted by molar-refractivity contribution is 0.200. The smallest absolute Gasteiger partial charge is 0.161 e. The molecule has 0 aliphatic carbocycles. The number of hydrogen-bond donors (Lipinski definition) is 0. The highest BCUT2D eigenvalue weighted by molar-refractivity contribution is 6.56. The lowest BCUT2D eigenvalue weighted by Crippen LogP contribution is -2.23. The third-order valence-corrected chi connectivity index (χ3v) is 8.84. The number of para-hydroxylation sites is 2. The van der Waals surface area contributed by atoms with Crippen LogP contribution in [0.1, 0.15) is 61.8 Å². The lowest BCUT2D eigenvalue weighted by Gasteiger charge is -2.20. The summed E-state index contributed by atoms with van der Waals surface area (Å²) >= 11 is 0. The molecule has 0 atom stereocenters. The zero-order valence-electron chi connectivity index (χ0n) is 21.9. The molecular weight excluding hydrogens is 444 g/mol. The van der Waals surface area contributed by atoms with Gasteiger partial charge in [0.1, 0.15) is 0 Å². The summed E-state index contributed by atoms with van der Waals surface area (Å²) in [5.41, 5.74) is 0. The van der Waals surface area contributed by atoms with Crippen LogP contribution in [-0.4, -0.2) is 43.5 Å². The van der Waals surface area contributed by atoms with Crippen LogP contribution < -0.4 is 29.3 Å². The van der Waals surface area contributed by atoms with E-state index in [0.717, 1.165) is 23.0 Å². The van der Waals surface area contributed by atoms with Crippen LogP contribution in [0.5, 0.6) is 23.0 Å². The van der Waals surface area contributed by atoms with E-state index in [1.54, 1.807) is 0 Å². The molecule has 4 nitrogen and oxygen atoms in total. The van der Waals surface area contributed by atoms with Crippen LogP contribution in [0.4, 0.5) is 0 Å². The van der Waals surface area contributed by atoms with E-state index in [-0.39, 0.29) is 24.4 Å². The Labute approximate surface area is 206 Å². The fraction of sp³-hybridized carbons (Fsp3) is 0.556. The van der Waals surface area contributed by atoms with Gasteiger partial charge < -0.3 is 18.9 Å². The Morgan fingerprint density at radius 3 is 1.24 bits per heavy atom. The van der Waals surface area contributed by atoms with Gasteiger partial charge in [0.05, 0.1) is 43.5 Å². The van der Waals surface area contributed by atoms with Crippen molar-refractivity contribution >= 4 is 29.4 Å². The summed E-state index contributed by atoms with van der Waals surface area (Å²) < 4.78 is 24.4. The van der Waals surface area contributed by atoms with Crippen LogP contribution in [0, 0.1) is 0 Å². The topological polar surface area (TPSA) is 36.9 Å². The number of rotatable bonds is 14. The molecule has 0 aliphatic rings. The van der Waals surface area contributed by atoms with Gasteiger partial charge in [-0.25, -0.2) is 0 Å². The molecule has 2 aromatic rings. The highest BCUT2D eigenvalue weighted by Gasteiger charge is 2.16. The Kier molecular flexibility index (Phi) is 11.3. The number of ether oxygens (including phenoxy) is 4. The first-order chi connectivity index (χ1) is 15.7. The molecule has 0 amide bonds. The van der Waals surface area contributed by atoms with Crippen molar-refractivity contribution in [1.29, 1.82) is 0 Å². The second-order valence-electron chi connectivity index (χ2n) is 9.72. The minimum absolute atomic E-state index is 0.139. The molecule has 0 unspecified atom stereocenters. The molecule has 0 N–H and O–H groups in total. The van der Waals surface area contributed by atoms with Crippen molar-refractivity contribution in [1.82, 2.24) is 0 Å². The Morgan fingerprint density at radius 2 is 0.909 bits per heavy atom. The molecule has 0 radical (unpaired) electrons. The van der Waals surface area contributed by atoms with E-state index in [1.807, 2.05) is 12.1 Å². The summed E-state index contributed by atoms with van der Waals surface area (Å²) in [5, 5.41) is 2.75. The van der Waals surface area contributed by atoms with Crippen molar-refractivity contribution in [2.75, 3.05) is 0 Å². The molecule has 0 saturated heterocycles. The van der Waals surface area contributed by atoms with Crippen molar-refractivity contribution < 1.29 is 18.9 Å². The molecular formula is C27H44O4Si2. The van der Waals surface area contributed by atoms with Gasteiger partial charge in [0.2, 0.25) is 0 Å². The first kappa shape index (κ1) is 27.3. The molecule has 0 aromatic heterocycles. The minimum atomic E-state index is -0.428. The van der Waals surface area contributed by atoms with Gasteiger partial charge in [0.15, 0.2) is 23.0 Å². The summed E-state index contributed by atoms with van der Waals surface area (Å²) in [7, 11) is -0.856. The molecule has 0 saturated carbocycles. The Balaban J connectivity index is 2.01. The monoisotopic (exact) mass is 488 g/mol. The van der Waals surface area contributed by atoms with E-state index in [1.165, 1.54) is 28.9 Å². The van der Waals surface area contributed by atoms with Gasteiger partial charge in [0.25, 0.3) is 0 Å². The molecule has 6 heteroatoms. The first-order valence-electron chi connectivity index (χ1n) is 12.6. The van der Waals surface area contributed by atoms with Crippen molar-refractivity contribution in [3.05, 3.63) is 36.4 Å². The van der Waals surface area contributed by atoms with Crippen LogP contribution >= 0.6 is 0 Å². The second kappa shape index (κ2) is 13.7. The maximum Gasteiger partial charge on any atom is 0.161 e. The van der Waals surface area contributed by atoms with Crippen LogP contribution in [0.25, 0.3) is 0 Å². The SMILES string of the molecule is CC(C)Oc1cccc([SiH2]CCC[SiH2]c2cccc(OC(C)C)c2OC(C)C)c1OC(C)C. The summed E-state index contributed by atoms with van der Waals surface area (Å²) in [6.45, 7) is 16.6. The highest BCUT2D eigenvalue weighted by Crippen LogP contribution is 2.28. The van der Waals surface area contributed by atoms with E-state index in [4.69, 9.17) is 18.9 Å². The van der Waals surface area contributed by atoms with Gasteiger partial charge in [0, 0.05) is 0 Å². The highest BCUT2D eigenvalue weighted by atomic mass is 28.2. The van der Waals surface area contributed by atoms with Crippen molar-refractivity contribution in [3.63, 3.8) is 0 Å². The van der Waals surface area contributed by atoms with Gasteiger partial charge in [-0.05, 0) is 77.9 Å². The molecule has 0 bridgehead atoms. The van der Waals surface area contributed by atoms with E-state index in [2.05, 4.69) is 79.7 Å². The van der Waals surface area contributed by atoms with Crippen molar-refractivity contribution in [2.24, 2.45) is 0 Å². The lowest BCUT2D eigenvalue weighted by atomic mass is 10.3. The molecule has 0 heterocycles. The van der Waals surface area contributed by atoms with Crippen LogP contribution in [0.2, 0.25) is 12.1 Å². The van der Waals surface area contributed by atoms with Crippen molar-refractivity contribution in [3.8, 4) is 23.0 Å². The normalized spacial score (nSPS) is 12.2.